The van der Waals surface area contributed by atoms with E-state index in [9.17, 15) is 10.2 Å². The zero-order valence-corrected chi connectivity index (χ0v) is 11.8. The smallest absolute Gasteiger partial charge is 0.138 e. The standard InChI is InChI=1S/C14H22ClNO2/c1-3-14(4-2,10-17)9-16-8-11-6-5-7-12(15)13(11)18/h5-7,16-18H,3-4,8-10H2,1-2H3. The van der Waals surface area contributed by atoms with E-state index >= 15 is 0 Å². The third-order valence-corrected chi connectivity index (χ3v) is 4.03. The van der Waals surface area contributed by atoms with Crippen LogP contribution in [0.3, 0.4) is 0 Å². The number of aliphatic hydroxyl groups is 1. The Labute approximate surface area is 114 Å². The average Bonchev–Trinajstić information content (AvgIpc) is 2.40. The van der Waals surface area contributed by atoms with E-state index in [2.05, 4.69) is 19.2 Å². The quantitative estimate of drug-likeness (QED) is 0.715. The van der Waals surface area contributed by atoms with Gasteiger partial charge in [-0.15, -0.1) is 0 Å². The van der Waals surface area contributed by atoms with Crippen LogP contribution in [0.25, 0.3) is 0 Å². The molecule has 0 saturated carbocycles. The molecular formula is C14H22ClNO2. The van der Waals surface area contributed by atoms with E-state index in [-0.39, 0.29) is 17.8 Å². The molecule has 3 N–H and O–H groups in total. The molecule has 1 rings (SSSR count). The zero-order chi connectivity index (χ0) is 13.6. The van der Waals surface area contributed by atoms with Crippen LogP contribution in [0.15, 0.2) is 18.2 Å². The normalized spacial score (nSPS) is 11.8. The first-order chi connectivity index (χ1) is 8.58. The number of aromatic hydroxyl groups is 1. The Morgan fingerprint density at radius 1 is 1.28 bits per heavy atom. The van der Waals surface area contributed by atoms with Crippen molar-refractivity contribution in [3.05, 3.63) is 28.8 Å². The maximum absolute atomic E-state index is 9.78. The number of hydrogen-bond acceptors (Lipinski definition) is 3. The molecule has 0 aliphatic rings. The fourth-order valence-corrected chi connectivity index (χ4v) is 2.14. The van der Waals surface area contributed by atoms with Crippen molar-refractivity contribution in [2.45, 2.75) is 33.2 Å². The van der Waals surface area contributed by atoms with E-state index in [4.69, 9.17) is 11.6 Å². The first-order valence-electron chi connectivity index (χ1n) is 6.36. The SMILES string of the molecule is CCC(CC)(CO)CNCc1cccc(Cl)c1O. The van der Waals surface area contributed by atoms with Crippen molar-refractivity contribution in [2.24, 2.45) is 5.41 Å². The van der Waals surface area contributed by atoms with Crippen LogP contribution in [0, 0.1) is 5.41 Å². The third-order valence-electron chi connectivity index (χ3n) is 3.72. The van der Waals surface area contributed by atoms with Crippen LogP contribution in [-0.2, 0) is 6.54 Å². The van der Waals surface area contributed by atoms with E-state index in [1.807, 2.05) is 12.1 Å². The lowest BCUT2D eigenvalue weighted by Crippen LogP contribution is -2.36. The summed E-state index contributed by atoms with van der Waals surface area (Å²) in [5.74, 6) is 0.134. The highest BCUT2D eigenvalue weighted by atomic mass is 35.5. The Morgan fingerprint density at radius 2 is 1.94 bits per heavy atom. The van der Waals surface area contributed by atoms with Gasteiger partial charge in [-0.3, -0.25) is 0 Å². The van der Waals surface area contributed by atoms with Crippen LogP contribution in [-0.4, -0.2) is 23.4 Å². The summed E-state index contributed by atoms with van der Waals surface area (Å²) in [6.07, 6.45) is 1.85. The van der Waals surface area contributed by atoms with Gasteiger partial charge in [-0.25, -0.2) is 0 Å². The Hall–Kier alpha value is -0.770. The van der Waals surface area contributed by atoms with E-state index in [1.54, 1.807) is 6.07 Å². The number of halogens is 1. The van der Waals surface area contributed by atoms with Gasteiger partial charge in [-0.2, -0.15) is 0 Å². The monoisotopic (exact) mass is 271 g/mol. The van der Waals surface area contributed by atoms with Gasteiger partial charge in [0.05, 0.1) is 5.02 Å². The highest BCUT2D eigenvalue weighted by Gasteiger charge is 2.24. The van der Waals surface area contributed by atoms with Gasteiger partial charge in [0.25, 0.3) is 0 Å². The fourth-order valence-electron chi connectivity index (χ4n) is 1.94. The molecule has 18 heavy (non-hydrogen) atoms. The molecule has 0 fully saturated rings. The average molecular weight is 272 g/mol. The topological polar surface area (TPSA) is 52.5 Å². The minimum Gasteiger partial charge on any atom is -0.506 e. The largest absolute Gasteiger partial charge is 0.506 e. The number of para-hydroxylation sites is 1. The number of nitrogens with one attached hydrogen (secondary N) is 1. The molecule has 1 aromatic rings. The maximum atomic E-state index is 9.78. The Balaban J connectivity index is 2.58. The number of aliphatic hydroxyl groups excluding tert-OH is 1. The van der Waals surface area contributed by atoms with Crippen molar-refractivity contribution in [3.63, 3.8) is 0 Å². The number of phenols is 1. The van der Waals surface area contributed by atoms with E-state index in [0.29, 0.717) is 11.6 Å². The maximum Gasteiger partial charge on any atom is 0.138 e. The fraction of sp³-hybridized carbons (Fsp3) is 0.571. The second-order valence-electron chi connectivity index (χ2n) is 4.72. The summed E-state index contributed by atoms with van der Waals surface area (Å²) in [5.41, 5.74) is 0.704. The zero-order valence-electron chi connectivity index (χ0n) is 11.0. The number of benzene rings is 1. The Morgan fingerprint density at radius 3 is 2.50 bits per heavy atom. The van der Waals surface area contributed by atoms with Crippen LogP contribution in [0.4, 0.5) is 0 Å². The predicted molar refractivity (Wildman–Crippen MR) is 74.9 cm³/mol. The summed E-state index contributed by atoms with van der Waals surface area (Å²) >= 11 is 5.85. The molecular weight excluding hydrogens is 250 g/mol. The van der Waals surface area contributed by atoms with Gasteiger partial charge in [0.2, 0.25) is 0 Å². The summed E-state index contributed by atoms with van der Waals surface area (Å²) in [7, 11) is 0. The second kappa shape index (κ2) is 6.98. The summed E-state index contributed by atoms with van der Waals surface area (Å²) in [5, 5.41) is 22.9. The molecule has 0 amide bonds. The molecule has 0 atom stereocenters. The highest BCUT2D eigenvalue weighted by molar-refractivity contribution is 6.32. The lowest BCUT2D eigenvalue weighted by Gasteiger charge is -2.29. The lowest BCUT2D eigenvalue weighted by atomic mass is 9.83. The van der Waals surface area contributed by atoms with Gasteiger partial charge in [0.1, 0.15) is 5.75 Å². The molecule has 0 bridgehead atoms. The van der Waals surface area contributed by atoms with Crippen LogP contribution < -0.4 is 5.32 Å². The number of hydrogen-bond donors (Lipinski definition) is 3. The van der Waals surface area contributed by atoms with Crippen LogP contribution in [0.1, 0.15) is 32.3 Å². The number of phenolic OH excluding ortho intramolecular Hbond substituents is 1. The minimum atomic E-state index is -0.0752. The van der Waals surface area contributed by atoms with E-state index in [0.717, 1.165) is 24.9 Å². The first kappa shape index (κ1) is 15.3. The van der Waals surface area contributed by atoms with E-state index < -0.39 is 0 Å². The number of rotatable bonds is 7. The van der Waals surface area contributed by atoms with Crippen molar-refractivity contribution < 1.29 is 10.2 Å². The minimum absolute atomic E-state index is 0.0752. The predicted octanol–water partition coefficient (Wildman–Crippen LogP) is 2.93. The Bertz CT molecular complexity index is 370. The van der Waals surface area contributed by atoms with Crippen LogP contribution in [0.2, 0.25) is 5.02 Å². The van der Waals surface area contributed by atoms with Crippen LogP contribution >= 0.6 is 11.6 Å². The summed E-state index contributed by atoms with van der Waals surface area (Å²) in [6.45, 7) is 5.61. The molecule has 3 nitrogen and oxygen atoms in total. The van der Waals surface area contributed by atoms with Gasteiger partial charge in [-0.05, 0) is 18.9 Å². The van der Waals surface area contributed by atoms with Crippen LogP contribution in [0.5, 0.6) is 5.75 Å². The molecule has 0 radical (unpaired) electrons. The third kappa shape index (κ3) is 3.61. The summed E-state index contributed by atoms with van der Waals surface area (Å²) in [4.78, 5) is 0. The summed E-state index contributed by atoms with van der Waals surface area (Å²) < 4.78 is 0. The van der Waals surface area contributed by atoms with Crippen molar-refractivity contribution in [3.8, 4) is 5.75 Å². The van der Waals surface area contributed by atoms with Crippen molar-refractivity contribution in [2.75, 3.05) is 13.2 Å². The van der Waals surface area contributed by atoms with E-state index in [1.165, 1.54) is 0 Å². The molecule has 0 aliphatic carbocycles. The Kier molecular flexibility index (Phi) is 5.93. The first-order valence-corrected chi connectivity index (χ1v) is 6.74. The molecule has 102 valence electrons. The van der Waals surface area contributed by atoms with Gasteiger partial charge < -0.3 is 15.5 Å². The van der Waals surface area contributed by atoms with Gasteiger partial charge >= 0.3 is 0 Å². The molecule has 0 aromatic heterocycles. The second-order valence-corrected chi connectivity index (χ2v) is 5.12. The molecule has 0 aliphatic heterocycles. The highest BCUT2D eigenvalue weighted by Crippen LogP contribution is 2.28. The van der Waals surface area contributed by atoms with Gasteiger partial charge in [-0.1, -0.05) is 37.6 Å². The van der Waals surface area contributed by atoms with Crippen molar-refractivity contribution >= 4 is 11.6 Å². The summed E-state index contributed by atoms with van der Waals surface area (Å²) in [6, 6.07) is 5.32. The molecule has 4 heteroatoms. The molecule has 0 unspecified atom stereocenters. The van der Waals surface area contributed by atoms with Gasteiger partial charge in [0.15, 0.2) is 0 Å². The van der Waals surface area contributed by atoms with Crippen molar-refractivity contribution in [1.29, 1.82) is 0 Å². The molecule has 0 heterocycles. The van der Waals surface area contributed by atoms with Gasteiger partial charge in [0, 0.05) is 30.7 Å². The molecule has 0 saturated heterocycles. The lowest BCUT2D eigenvalue weighted by molar-refractivity contribution is 0.113. The van der Waals surface area contributed by atoms with Crippen molar-refractivity contribution in [1.82, 2.24) is 5.32 Å². The molecule has 0 spiro atoms. The molecule has 1 aromatic carbocycles.